The maximum Gasteiger partial charge on any atom is 0.226 e. The lowest BCUT2D eigenvalue weighted by Gasteiger charge is -2.17. The molecule has 0 heterocycles. The summed E-state index contributed by atoms with van der Waals surface area (Å²) < 4.78 is 28.5. The number of ether oxygens (including phenoxy) is 1. The van der Waals surface area contributed by atoms with E-state index in [1.165, 1.54) is 12.1 Å². The topological polar surface area (TPSA) is 63.7 Å². The SMILES string of the molecule is CN(CCCOc1ccccc1Cl)C(=O)Cc1ccc(S(C)(=O)=O)cc1. The van der Waals surface area contributed by atoms with Crippen molar-refractivity contribution in [1.82, 2.24) is 4.90 Å². The molecule has 0 spiro atoms. The third kappa shape index (κ3) is 6.04. The predicted molar refractivity (Wildman–Crippen MR) is 102 cm³/mol. The molecule has 2 aromatic rings. The fraction of sp³-hybridized carbons (Fsp3) is 0.316. The minimum Gasteiger partial charge on any atom is -0.492 e. The largest absolute Gasteiger partial charge is 0.492 e. The molecular formula is C19H22ClNO4S. The summed E-state index contributed by atoms with van der Waals surface area (Å²) in [6.07, 6.45) is 2.07. The number of nitrogens with zero attached hydrogens (tertiary/aromatic N) is 1. The second-order valence-electron chi connectivity index (χ2n) is 6.04. The number of amides is 1. The summed E-state index contributed by atoms with van der Waals surface area (Å²) in [5, 5.41) is 0.564. The Morgan fingerprint density at radius 1 is 1.12 bits per heavy atom. The summed E-state index contributed by atoms with van der Waals surface area (Å²) in [5.41, 5.74) is 0.779. The Kier molecular flexibility index (Phi) is 7.06. The van der Waals surface area contributed by atoms with Gasteiger partial charge < -0.3 is 9.64 Å². The van der Waals surface area contributed by atoms with Crippen molar-refractivity contribution in [3.8, 4) is 5.75 Å². The first kappa shape index (κ1) is 20.3. The second kappa shape index (κ2) is 9.05. The van der Waals surface area contributed by atoms with E-state index in [-0.39, 0.29) is 17.2 Å². The number of carbonyl (C=O) groups is 1. The average molecular weight is 396 g/mol. The highest BCUT2D eigenvalue weighted by atomic mass is 35.5. The molecule has 0 bridgehead atoms. The van der Waals surface area contributed by atoms with E-state index < -0.39 is 9.84 Å². The van der Waals surface area contributed by atoms with Crippen molar-refractivity contribution in [2.45, 2.75) is 17.7 Å². The lowest BCUT2D eigenvalue weighted by molar-refractivity contribution is -0.129. The van der Waals surface area contributed by atoms with Crippen LogP contribution in [-0.2, 0) is 21.1 Å². The standard InChI is InChI=1S/C19H22ClNO4S/c1-21(12-5-13-25-18-7-4-3-6-17(18)20)19(22)14-15-8-10-16(11-9-15)26(2,23)24/h3-4,6-11H,5,12-14H2,1-2H3. The molecule has 0 unspecified atom stereocenters. The fourth-order valence-electron chi connectivity index (χ4n) is 2.33. The van der Waals surface area contributed by atoms with E-state index >= 15 is 0 Å². The van der Waals surface area contributed by atoms with Crippen molar-refractivity contribution in [3.63, 3.8) is 0 Å². The van der Waals surface area contributed by atoms with Gasteiger partial charge in [0.25, 0.3) is 0 Å². The van der Waals surface area contributed by atoms with Crippen LogP contribution >= 0.6 is 11.6 Å². The Hall–Kier alpha value is -2.05. The monoisotopic (exact) mass is 395 g/mol. The van der Waals surface area contributed by atoms with Gasteiger partial charge >= 0.3 is 0 Å². The molecule has 5 nitrogen and oxygen atoms in total. The first-order valence-electron chi connectivity index (χ1n) is 8.17. The smallest absolute Gasteiger partial charge is 0.226 e. The van der Waals surface area contributed by atoms with E-state index in [2.05, 4.69) is 0 Å². The van der Waals surface area contributed by atoms with Crippen molar-refractivity contribution < 1.29 is 17.9 Å². The van der Waals surface area contributed by atoms with Crippen LogP contribution in [0.3, 0.4) is 0 Å². The number of hydrogen-bond donors (Lipinski definition) is 0. The van der Waals surface area contributed by atoms with Gasteiger partial charge in [0.05, 0.1) is 22.9 Å². The van der Waals surface area contributed by atoms with Crippen molar-refractivity contribution in [3.05, 3.63) is 59.1 Å². The van der Waals surface area contributed by atoms with Crippen LogP contribution in [0.15, 0.2) is 53.4 Å². The second-order valence-corrected chi connectivity index (χ2v) is 8.46. The highest BCUT2D eigenvalue weighted by Crippen LogP contribution is 2.23. The Bertz CT molecular complexity index is 850. The predicted octanol–water partition coefficient (Wildman–Crippen LogP) is 3.21. The molecule has 0 radical (unpaired) electrons. The summed E-state index contributed by atoms with van der Waals surface area (Å²) in [6, 6.07) is 13.6. The van der Waals surface area contributed by atoms with E-state index in [1.54, 1.807) is 36.2 Å². The molecule has 7 heteroatoms. The Balaban J connectivity index is 1.78. The van der Waals surface area contributed by atoms with Crippen LogP contribution < -0.4 is 4.74 Å². The Morgan fingerprint density at radius 3 is 2.38 bits per heavy atom. The fourth-order valence-corrected chi connectivity index (χ4v) is 3.16. The third-order valence-electron chi connectivity index (χ3n) is 3.86. The lowest BCUT2D eigenvalue weighted by Crippen LogP contribution is -2.30. The van der Waals surface area contributed by atoms with Crippen molar-refractivity contribution in [1.29, 1.82) is 0 Å². The molecule has 0 saturated carbocycles. The summed E-state index contributed by atoms with van der Waals surface area (Å²) in [6.45, 7) is 1.02. The zero-order valence-corrected chi connectivity index (χ0v) is 16.4. The molecule has 1 amide bonds. The van der Waals surface area contributed by atoms with Crippen molar-refractivity contribution >= 4 is 27.3 Å². The van der Waals surface area contributed by atoms with Crippen LogP contribution in [0.25, 0.3) is 0 Å². The quantitative estimate of drug-likeness (QED) is 0.644. The molecule has 0 atom stereocenters. The number of hydrogen-bond acceptors (Lipinski definition) is 4. The van der Waals surface area contributed by atoms with Crippen LogP contribution in [0.4, 0.5) is 0 Å². The van der Waals surface area contributed by atoms with Gasteiger partial charge in [0, 0.05) is 19.8 Å². The summed E-state index contributed by atoms with van der Waals surface area (Å²) in [5.74, 6) is 0.601. The highest BCUT2D eigenvalue weighted by Gasteiger charge is 2.11. The van der Waals surface area contributed by atoms with Gasteiger partial charge in [-0.05, 0) is 36.2 Å². The Morgan fingerprint density at radius 2 is 1.77 bits per heavy atom. The molecule has 0 fully saturated rings. The number of sulfone groups is 1. The maximum absolute atomic E-state index is 12.3. The normalized spacial score (nSPS) is 11.2. The zero-order chi connectivity index (χ0) is 19.2. The molecule has 0 aliphatic heterocycles. The van der Waals surface area contributed by atoms with Crippen LogP contribution in [0.2, 0.25) is 5.02 Å². The number of likely N-dealkylation sites (N-methyl/N-ethyl adjacent to an activating group) is 1. The Labute approximate surface area is 159 Å². The van der Waals surface area contributed by atoms with E-state index in [0.717, 1.165) is 11.8 Å². The molecule has 26 heavy (non-hydrogen) atoms. The molecule has 0 aliphatic carbocycles. The first-order chi connectivity index (χ1) is 12.3. The number of para-hydroxylation sites is 1. The molecule has 140 valence electrons. The molecule has 2 aromatic carbocycles. The molecular weight excluding hydrogens is 374 g/mol. The minimum absolute atomic E-state index is 0.0325. The van der Waals surface area contributed by atoms with Gasteiger partial charge in [-0.15, -0.1) is 0 Å². The summed E-state index contributed by atoms with van der Waals surface area (Å²) in [7, 11) is -1.49. The van der Waals surface area contributed by atoms with E-state index in [4.69, 9.17) is 16.3 Å². The van der Waals surface area contributed by atoms with Gasteiger partial charge in [0.1, 0.15) is 5.75 Å². The van der Waals surface area contributed by atoms with E-state index in [1.807, 2.05) is 12.1 Å². The van der Waals surface area contributed by atoms with Gasteiger partial charge in [-0.25, -0.2) is 8.42 Å². The average Bonchev–Trinajstić information content (AvgIpc) is 2.59. The van der Waals surface area contributed by atoms with Gasteiger partial charge in [-0.3, -0.25) is 4.79 Å². The third-order valence-corrected chi connectivity index (χ3v) is 5.31. The van der Waals surface area contributed by atoms with Crippen LogP contribution in [-0.4, -0.2) is 45.7 Å². The van der Waals surface area contributed by atoms with E-state index in [0.29, 0.717) is 30.3 Å². The van der Waals surface area contributed by atoms with Gasteiger partial charge in [-0.2, -0.15) is 0 Å². The number of carbonyl (C=O) groups excluding carboxylic acids is 1. The van der Waals surface area contributed by atoms with Gasteiger partial charge in [-0.1, -0.05) is 35.9 Å². The lowest BCUT2D eigenvalue weighted by atomic mass is 10.1. The van der Waals surface area contributed by atoms with E-state index in [9.17, 15) is 13.2 Å². The molecule has 2 rings (SSSR count). The molecule has 0 saturated heterocycles. The zero-order valence-electron chi connectivity index (χ0n) is 14.8. The first-order valence-corrected chi connectivity index (χ1v) is 10.4. The van der Waals surface area contributed by atoms with Crippen molar-refractivity contribution in [2.75, 3.05) is 26.5 Å². The number of halogens is 1. The summed E-state index contributed by atoms with van der Waals surface area (Å²) >= 11 is 6.02. The van der Waals surface area contributed by atoms with Gasteiger partial charge in [0.15, 0.2) is 9.84 Å². The number of benzene rings is 2. The van der Waals surface area contributed by atoms with Crippen LogP contribution in [0, 0.1) is 0 Å². The molecule has 0 N–H and O–H groups in total. The molecule has 0 aliphatic rings. The van der Waals surface area contributed by atoms with Crippen molar-refractivity contribution in [2.24, 2.45) is 0 Å². The highest BCUT2D eigenvalue weighted by molar-refractivity contribution is 7.90. The minimum atomic E-state index is -3.22. The summed E-state index contributed by atoms with van der Waals surface area (Å²) in [4.78, 5) is 14.1. The van der Waals surface area contributed by atoms with Gasteiger partial charge in [0.2, 0.25) is 5.91 Å². The van der Waals surface area contributed by atoms with Crippen LogP contribution in [0.1, 0.15) is 12.0 Å². The molecule has 0 aromatic heterocycles. The maximum atomic E-state index is 12.3. The number of rotatable bonds is 8. The van der Waals surface area contributed by atoms with Crippen LogP contribution in [0.5, 0.6) is 5.75 Å².